The third-order valence-electron chi connectivity index (χ3n) is 2.95. The van der Waals surface area contributed by atoms with E-state index in [4.69, 9.17) is 0 Å². The average Bonchev–Trinajstić information content (AvgIpc) is 2.85. The van der Waals surface area contributed by atoms with Gasteiger partial charge >= 0.3 is 0 Å². The highest BCUT2D eigenvalue weighted by molar-refractivity contribution is 5.35. The Bertz CT molecular complexity index is 312. The maximum atomic E-state index is 9.21. The van der Waals surface area contributed by atoms with E-state index >= 15 is 0 Å². The van der Waals surface area contributed by atoms with Crippen LogP contribution in [0.3, 0.4) is 0 Å². The molecule has 2 nitrogen and oxygen atoms in total. The van der Waals surface area contributed by atoms with E-state index in [2.05, 4.69) is 19.0 Å². The number of likely N-dealkylation sites (N-methyl/N-ethyl adjacent to an activating group) is 1. The molecule has 0 saturated heterocycles. The first-order chi connectivity index (χ1) is 6.62. The standard InChI is InChI=1S/C12H17NO/c1-13(2)9-12(7-8-12)10-3-5-11(14)6-4-10/h3-6,14H,7-9H2,1-2H3. The smallest absolute Gasteiger partial charge is 0.115 e. The zero-order valence-electron chi connectivity index (χ0n) is 8.83. The van der Waals surface area contributed by atoms with E-state index in [1.807, 2.05) is 12.1 Å². The highest BCUT2D eigenvalue weighted by Crippen LogP contribution is 2.48. The fraction of sp³-hybridized carbons (Fsp3) is 0.500. The summed E-state index contributed by atoms with van der Waals surface area (Å²) in [6, 6.07) is 7.66. The second-order valence-electron chi connectivity index (χ2n) is 4.56. The lowest BCUT2D eigenvalue weighted by atomic mass is 9.95. The van der Waals surface area contributed by atoms with Crippen molar-refractivity contribution in [2.24, 2.45) is 0 Å². The molecule has 0 bridgehead atoms. The molecule has 76 valence electrons. The van der Waals surface area contributed by atoms with Crippen molar-refractivity contribution in [3.8, 4) is 5.75 Å². The molecule has 2 heteroatoms. The molecule has 1 N–H and O–H groups in total. The van der Waals surface area contributed by atoms with Gasteiger partial charge in [0.2, 0.25) is 0 Å². The molecule has 1 saturated carbocycles. The largest absolute Gasteiger partial charge is 0.508 e. The van der Waals surface area contributed by atoms with E-state index in [1.54, 1.807) is 12.1 Å². The summed E-state index contributed by atoms with van der Waals surface area (Å²) in [5.41, 5.74) is 1.74. The van der Waals surface area contributed by atoms with Crippen LogP contribution in [0.1, 0.15) is 18.4 Å². The van der Waals surface area contributed by atoms with Crippen molar-refractivity contribution in [3.63, 3.8) is 0 Å². The van der Waals surface area contributed by atoms with Crippen LogP contribution in [-0.4, -0.2) is 30.6 Å². The van der Waals surface area contributed by atoms with Gasteiger partial charge in [0.25, 0.3) is 0 Å². The van der Waals surface area contributed by atoms with Crippen LogP contribution in [0.2, 0.25) is 0 Å². The molecule has 1 aliphatic carbocycles. The van der Waals surface area contributed by atoms with Crippen LogP contribution < -0.4 is 0 Å². The number of aromatic hydroxyl groups is 1. The van der Waals surface area contributed by atoms with Gasteiger partial charge in [-0.15, -0.1) is 0 Å². The molecule has 1 aliphatic rings. The first-order valence-corrected chi connectivity index (χ1v) is 5.07. The normalized spacial score (nSPS) is 18.5. The molecule has 0 spiro atoms. The van der Waals surface area contributed by atoms with Crippen molar-refractivity contribution in [3.05, 3.63) is 29.8 Å². The van der Waals surface area contributed by atoms with Gasteiger partial charge in [-0.3, -0.25) is 0 Å². The Morgan fingerprint density at radius 2 is 1.79 bits per heavy atom. The summed E-state index contributed by atoms with van der Waals surface area (Å²) in [5, 5.41) is 9.21. The predicted molar refractivity (Wildman–Crippen MR) is 57.6 cm³/mol. The lowest BCUT2D eigenvalue weighted by molar-refractivity contribution is 0.362. The molecule has 0 amide bonds. The van der Waals surface area contributed by atoms with Gasteiger partial charge < -0.3 is 10.0 Å². The molecule has 0 unspecified atom stereocenters. The SMILES string of the molecule is CN(C)CC1(c2ccc(O)cc2)CC1. The summed E-state index contributed by atoms with van der Waals surface area (Å²) in [7, 11) is 4.22. The molecule has 1 aromatic carbocycles. The van der Waals surface area contributed by atoms with Crippen LogP contribution in [0.25, 0.3) is 0 Å². The van der Waals surface area contributed by atoms with E-state index in [-0.39, 0.29) is 0 Å². The number of rotatable bonds is 3. The minimum atomic E-state index is 0.356. The summed E-state index contributed by atoms with van der Waals surface area (Å²) in [6.07, 6.45) is 2.55. The molecule has 0 heterocycles. The van der Waals surface area contributed by atoms with Crippen LogP contribution in [0.15, 0.2) is 24.3 Å². The van der Waals surface area contributed by atoms with Gasteiger partial charge in [-0.2, -0.15) is 0 Å². The van der Waals surface area contributed by atoms with Crippen molar-refractivity contribution in [1.29, 1.82) is 0 Å². The van der Waals surface area contributed by atoms with Gasteiger partial charge in [-0.1, -0.05) is 12.1 Å². The fourth-order valence-electron chi connectivity index (χ4n) is 2.11. The molecular weight excluding hydrogens is 174 g/mol. The molecule has 1 aromatic rings. The number of hydrogen-bond acceptors (Lipinski definition) is 2. The lowest BCUT2D eigenvalue weighted by Gasteiger charge is -2.20. The van der Waals surface area contributed by atoms with E-state index < -0.39 is 0 Å². The number of hydrogen-bond donors (Lipinski definition) is 1. The Kier molecular flexibility index (Phi) is 2.23. The maximum Gasteiger partial charge on any atom is 0.115 e. The van der Waals surface area contributed by atoms with Gasteiger partial charge in [0.15, 0.2) is 0 Å². The molecule has 0 aliphatic heterocycles. The number of phenols is 1. The Balaban J connectivity index is 2.18. The van der Waals surface area contributed by atoms with E-state index in [9.17, 15) is 5.11 Å². The monoisotopic (exact) mass is 191 g/mol. The minimum Gasteiger partial charge on any atom is -0.508 e. The zero-order valence-corrected chi connectivity index (χ0v) is 8.83. The Hall–Kier alpha value is -1.02. The average molecular weight is 191 g/mol. The van der Waals surface area contributed by atoms with E-state index in [0.717, 1.165) is 6.54 Å². The van der Waals surface area contributed by atoms with E-state index in [0.29, 0.717) is 11.2 Å². The van der Waals surface area contributed by atoms with Gasteiger partial charge in [0.05, 0.1) is 0 Å². The van der Waals surface area contributed by atoms with Crippen molar-refractivity contribution in [1.82, 2.24) is 4.90 Å². The first kappa shape index (κ1) is 9.53. The highest BCUT2D eigenvalue weighted by atomic mass is 16.3. The van der Waals surface area contributed by atoms with Crippen LogP contribution >= 0.6 is 0 Å². The summed E-state index contributed by atoms with van der Waals surface area (Å²) < 4.78 is 0. The number of nitrogens with zero attached hydrogens (tertiary/aromatic N) is 1. The predicted octanol–water partition coefficient (Wildman–Crippen LogP) is 1.99. The molecule has 0 aromatic heterocycles. The summed E-state index contributed by atoms with van der Waals surface area (Å²) in [4.78, 5) is 2.24. The van der Waals surface area contributed by atoms with Crippen LogP contribution in [-0.2, 0) is 5.41 Å². The Morgan fingerprint density at radius 3 is 2.21 bits per heavy atom. The second kappa shape index (κ2) is 3.28. The van der Waals surface area contributed by atoms with Crippen molar-refractivity contribution >= 4 is 0 Å². The van der Waals surface area contributed by atoms with Crippen molar-refractivity contribution < 1.29 is 5.11 Å². The number of phenolic OH excluding ortho intramolecular Hbond substituents is 1. The summed E-state index contributed by atoms with van der Waals surface area (Å²) >= 11 is 0. The molecule has 0 atom stereocenters. The molecule has 2 rings (SSSR count). The molecule has 1 fully saturated rings. The van der Waals surface area contributed by atoms with Crippen molar-refractivity contribution in [2.75, 3.05) is 20.6 Å². The molecule has 14 heavy (non-hydrogen) atoms. The third-order valence-corrected chi connectivity index (χ3v) is 2.95. The quantitative estimate of drug-likeness (QED) is 0.789. The topological polar surface area (TPSA) is 23.5 Å². The first-order valence-electron chi connectivity index (χ1n) is 5.07. The summed E-state index contributed by atoms with van der Waals surface area (Å²) in [5.74, 6) is 0.356. The van der Waals surface area contributed by atoms with Crippen LogP contribution in [0, 0.1) is 0 Å². The van der Waals surface area contributed by atoms with E-state index in [1.165, 1.54) is 18.4 Å². The minimum absolute atomic E-state index is 0.356. The fourth-order valence-corrected chi connectivity index (χ4v) is 2.11. The Labute approximate surface area is 85.2 Å². The Morgan fingerprint density at radius 1 is 1.21 bits per heavy atom. The van der Waals surface area contributed by atoms with Gasteiger partial charge in [-0.25, -0.2) is 0 Å². The van der Waals surface area contributed by atoms with Crippen LogP contribution in [0.4, 0.5) is 0 Å². The van der Waals surface area contributed by atoms with Gasteiger partial charge in [0.1, 0.15) is 5.75 Å². The maximum absolute atomic E-state index is 9.21. The lowest BCUT2D eigenvalue weighted by Crippen LogP contribution is -2.25. The van der Waals surface area contributed by atoms with Gasteiger partial charge in [-0.05, 0) is 44.6 Å². The van der Waals surface area contributed by atoms with Crippen molar-refractivity contribution in [2.45, 2.75) is 18.3 Å². The molecular formula is C12H17NO. The number of benzene rings is 1. The third kappa shape index (κ3) is 1.75. The zero-order chi connectivity index (χ0) is 10.2. The van der Waals surface area contributed by atoms with Gasteiger partial charge in [0, 0.05) is 12.0 Å². The summed E-state index contributed by atoms with van der Waals surface area (Å²) in [6.45, 7) is 1.11. The highest BCUT2D eigenvalue weighted by Gasteiger charge is 2.44. The van der Waals surface area contributed by atoms with Crippen LogP contribution in [0.5, 0.6) is 5.75 Å². The molecule has 0 radical (unpaired) electrons. The second-order valence-corrected chi connectivity index (χ2v) is 4.56.